The van der Waals surface area contributed by atoms with E-state index < -0.39 is 0 Å². The number of nitrogens with zero attached hydrogens (tertiary/aromatic N) is 1. The van der Waals surface area contributed by atoms with E-state index in [9.17, 15) is 4.79 Å². The molecule has 2 aliphatic rings. The fourth-order valence-corrected chi connectivity index (χ4v) is 4.28. The number of rotatable bonds is 3. The number of hydrogen-bond donors (Lipinski definition) is 1. The molecule has 1 fully saturated rings. The van der Waals surface area contributed by atoms with Gasteiger partial charge in [-0.25, -0.2) is 0 Å². The highest BCUT2D eigenvalue weighted by molar-refractivity contribution is 5.93. The van der Waals surface area contributed by atoms with Crippen LogP contribution in [0.1, 0.15) is 50.5 Å². The van der Waals surface area contributed by atoms with Gasteiger partial charge in [0.25, 0.3) is 5.91 Å². The Labute approximate surface area is 152 Å². The molecule has 2 aromatic rings. The monoisotopic (exact) mass is 356 g/mol. The van der Waals surface area contributed by atoms with Crippen LogP contribution in [0, 0.1) is 11.3 Å². The molecule has 6 heteroatoms. The molecule has 0 bridgehead atoms. The zero-order chi connectivity index (χ0) is 18.3. The first-order valence-corrected chi connectivity index (χ1v) is 9.07. The summed E-state index contributed by atoms with van der Waals surface area (Å²) in [6.07, 6.45) is 3.18. The smallest absolute Gasteiger partial charge is 0.273 e. The van der Waals surface area contributed by atoms with E-state index in [1.807, 2.05) is 18.2 Å². The summed E-state index contributed by atoms with van der Waals surface area (Å²) in [4.78, 5) is 12.6. The Morgan fingerprint density at radius 2 is 2.00 bits per heavy atom. The Hall–Kier alpha value is -2.50. The van der Waals surface area contributed by atoms with E-state index in [0.717, 1.165) is 18.4 Å². The summed E-state index contributed by atoms with van der Waals surface area (Å²) >= 11 is 0. The molecule has 1 aromatic carbocycles. The molecule has 1 saturated carbocycles. The minimum Gasteiger partial charge on any atom is -0.454 e. The topological polar surface area (TPSA) is 73.6 Å². The van der Waals surface area contributed by atoms with E-state index >= 15 is 0 Å². The van der Waals surface area contributed by atoms with E-state index in [1.54, 1.807) is 6.07 Å². The van der Waals surface area contributed by atoms with Crippen LogP contribution in [0.25, 0.3) is 11.3 Å². The lowest BCUT2D eigenvalue weighted by molar-refractivity contribution is 0.0865. The van der Waals surface area contributed by atoms with E-state index in [4.69, 9.17) is 14.0 Å². The average Bonchev–Trinajstić information content (AvgIpc) is 3.21. The number of aromatic nitrogens is 1. The molecule has 6 nitrogen and oxygen atoms in total. The number of fused-ring (bicyclic) bond motifs is 1. The SMILES string of the molecule is CC1CC(NC(=O)c2cc(-c3ccc4c(c3)OCO4)on2)CC(C)(C)C1. The summed E-state index contributed by atoms with van der Waals surface area (Å²) in [6, 6.07) is 7.36. The Balaban J connectivity index is 1.46. The summed E-state index contributed by atoms with van der Waals surface area (Å²) in [7, 11) is 0. The quantitative estimate of drug-likeness (QED) is 0.899. The third-order valence-electron chi connectivity index (χ3n) is 5.12. The van der Waals surface area contributed by atoms with Gasteiger partial charge in [0.05, 0.1) is 0 Å². The number of hydrogen-bond acceptors (Lipinski definition) is 5. The van der Waals surface area contributed by atoms with Crippen molar-refractivity contribution < 1.29 is 18.8 Å². The molecule has 2 heterocycles. The highest BCUT2D eigenvalue weighted by atomic mass is 16.7. The number of carbonyl (C=O) groups excluding carboxylic acids is 1. The molecular formula is C20H24N2O4. The Morgan fingerprint density at radius 3 is 2.81 bits per heavy atom. The fraction of sp³-hybridized carbons (Fsp3) is 0.500. The van der Waals surface area contributed by atoms with E-state index in [-0.39, 0.29) is 24.2 Å². The first-order valence-electron chi connectivity index (χ1n) is 9.07. The first-order chi connectivity index (χ1) is 12.4. The third-order valence-corrected chi connectivity index (χ3v) is 5.12. The molecule has 1 N–H and O–H groups in total. The van der Waals surface area contributed by atoms with Crippen LogP contribution in [0.2, 0.25) is 0 Å². The maximum Gasteiger partial charge on any atom is 0.273 e. The van der Waals surface area contributed by atoms with Crippen molar-refractivity contribution in [2.45, 2.75) is 46.1 Å². The van der Waals surface area contributed by atoms with Gasteiger partial charge in [0.1, 0.15) is 0 Å². The summed E-state index contributed by atoms with van der Waals surface area (Å²) in [5, 5.41) is 7.07. The molecule has 1 amide bonds. The molecule has 2 unspecified atom stereocenters. The van der Waals surface area contributed by atoms with Gasteiger partial charge in [0, 0.05) is 17.7 Å². The van der Waals surface area contributed by atoms with Crippen molar-refractivity contribution >= 4 is 5.91 Å². The molecule has 0 radical (unpaired) electrons. The Kier molecular flexibility index (Phi) is 4.13. The summed E-state index contributed by atoms with van der Waals surface area (Å²) in [6.45, 7) is 6.98. The van der Waals surface area contributed by atoms with Crippen LogP contribution >= 0.6 is 0 Å². The van der Waals surface area contributed by atoms with Crippen molar-refractivity contribution in [2.75, 3.05) is 6.79 Å². The van der Waals surface area contributed by atoms with Crippen LogP contribution in [0.3, 0.4) is 0 Å². The average molecular weight is 356 g/mol. The summed E-state index contributed by atoms with van der Waals surface area (Å²) < 4.78 is 16.1. The fourth-order valence-electron chi connectivity index (χ4n) is 4.28. The Bertz CT molecular complexity index is 827. The predicted molar refractivity (Wildman–Crippen MR) is 96.1 cm³/mol. The van der Waals surface area contributed by atoms with E-state index in [1.165, 1.54) is 6.42 Å². The standard InChI is InChI=1S/C20H24N2O4/c1-12-6-14(10-20(2,3)9-12)21-19(23)15-8-17(26-22-15)13-4-5-16-18(7-13)25-11-24-16/h4-5,7-8,12,14H,6,9-11H2,1-3H3,(H,21,23). The molecule has 4 rings (SSSR count). The zero-order valence-corrected chi connectivity index (χ0v) is 15.4. The normalized spacial score (nSPS) is 23.7. The van der Waals surface area contributed by atoms with Crippen molar-refractivity contribution in [1.29, 1.82) is 0 Å². The van der Waals surface area contributed by atoms with Crippen molar-refractivity contribution in [2.24, 2.45) is 11.3 Å². The highest BCUT2D eigenvalue weighted by Gasteiger charge is 2.33. The highest BCUT2D eigenvalue weighted by Crippen LogP contribution is 2.39. The molecule has 0 saturated heterocycles. The van der Waals surface area contributed by atoms with Crippen molar-refractivity contribution in [3.05, 3.63) is 30.0 Å². The van der Waals surface area contributed by atoms with Gasteiger partial charge in [0.2, 0.25) is 6.79 Å². The maximum absolute atomic E-state index is 12.6. The van der Waals surface area contributed by atoms with Gasteiger partial charge in [-0.15, -0.1) is 0 Å². The van der Waals surface area contributed by atoms with Crippen LogP contribution in [0.4, 0.5) is 0 Å². The summed E-state index contributed by atoms with van der Waals surface area (Å²) in [5.41, 5.74) is 1.35. The number of amides is 1. The van der Waals surface area contributed by atoms with Gasteiger partial charge >= 0.3 is 0 Å². The Morgan fingerprint density at radius 1 is 1.19 bits per heavy atom. The lowest BCUT2D eigenvalue weighted by Gasteiger charge is -2.39. The lowest BCUT2D eigenvalue weighted by Crippen LogP contribution is -2.43. The maximum atomic E-state index is 12.6. The minimum atomic E-state index is -0.185. The molecule has 2 atom stereocenters. The third kappa shape index (κ3) is 3.41. The molecule has 0 spiro atoms. The van der Waals surface area contributed by atoms with Crippen LogP contribution in [-0.2, 0) is 0 Å². The van der Waals surface area contributed by atoms with E-state index in [2.05, 4.69) is 31.2 Å². The van der Waals surface area contributed by atoms with Crippen LogP contribution in [-0.4, -0.2) is 23.9 Å². The first kappa shape index (κ1) is 16.9. The van der Waals surface area contributed by atoms with E-state index in [0.29, 0.717) is 28.9 Å². The van der Waals surface area contributed by atoms with Crippen LogP contribution < -0.4 is 14.8 Å². The second kappa shape index (κ2) is 6.34. The molecule has 1 aliphatic heterocycles. The number of carbonyl (C=O) groups is 1. The van der Waals surface area contributed by atoms with Gasteiger partial charge in [-0.1, -0.05) is 25.9 Å². The largest absolute Gasteiger partial charge is 0.454 e. The second-order valence-electron chi connectivity index (χ2n) is 8.23. The van der Waals surface area contributed by atoms with Gasteiger partial charge in [-0.05, 0) is 48.8 Å². The second-order valence-corrected chi connectivity index (χ2v) is 8.23. The van der Waals surface area contributed by atoms with Gasteiger partial charge in [-0.2, -0.15) is 0 Å². The molecule has 1 aliphatic carbocycles. The van der Waals surface area contributed by atoms with Gasteiger partial charge in [0.15, 0.2) is 23.0 Å². The van der Waals surface area contributed by atoms with Gasteiger partial charge < -0.3 is 19.3 Å². The minimum absolute atomic E-state index is 0.173. The molecule has 138 valence electrons. The number of ether oxygens (including phenoxy) is 2. The van der Waals surface area contributed by atoms with Crippen LogP contribution in [0.5, 0.6) is 11.5 Å². The summed E-state index contributed by atoms with van der Waals surface area (Å²) in [5.74, 6) is 2.33. The molecular weight excluding hydrogens is 332 g/mol. The zero-order valence-electron chi connectivity index (χ0n) is 15.4. The lowest BCUT2D eigenvalue weighted by atomic mass is 9.70. The number of benzene rings is 1. The van der Waals surface area contributed by atoms with Crippen molar-refractivity contribution in [1.82, 2.24) is 10.5 Å². The van der Waals surface area contributed by atoms with Crippen molar-refractivity contribution in [3.8, 4) is 22.8 Å². The number of nitrogens with one attached hydrogen (secondary N) is 1. The molecule has 26 heavy (non-hydrogen) atoms. The van der Waals surface area contributed by atoms with Gasteiger partial charge in [-0.3, -0.25) is 4.79 Å². The van der Waals surface area contributed by atoms with Crippen LogP contribution in [0.15, 0.2) is 28.8 Å². The molecule has 1 aromatic heterocycles. The predicted octanol–water partition coefficient (Wildman–Crippen LogP) is 4.01. The van der Waals surface area contributed by atoms with Crippen molar-refractivity contribution in [3.63, 3.8) is 0 Å².